The van der Waals surface area contributed by atoms with E-state index in [0.29, 0.717) is 0 Å². The van der Waals surface area contributed by atoms with Crippen LogP contribution in [0.4, 0.5) is 5.69 Å². The summed E-state index contributed by atoms with van der Waals surface area (Å²) in [6.07, 6.45) is 8.22. The highest BCUT2D eigenvalue weighted by Gasteiger charge is 2.51. The Labute approximate surface area is 126 Å². The summed E-state index contributed by atoms with van der Waals surface area (Å²) in [5.41, 5.74) is 3.85. The summed E-state index contributed by atoms with van der Waals surface area (Å²) in [6.45, 7) is 3.95. The van der Waals surface area contributed by atoms with Gasteiger partial charge in [-0.3, -0.25) is 4.98 Å². The van der Waals surface area contributed by atoms with Crippen molar-refractivity contribution in [2.75, 3.05) is 5.32 Å². The molecule has 4 bridgehead atoms. The molecule has 110 valence electrons. The Kier molecular flexibility index (Phi) is 2.79. The summed E-state index contributed by atoms with van der Waals surface area (Å²) >= 11 is 0. The average molecular weight is 281 g/mol. The highest BCUT2D eigenvalue weighted by Crippen LogP contribution is 2.56. The average Bonchev–Trinajstić information content (AvgIpc) is 2.35. The van der Waals surface area contributed by atoms with Crippen molar-refractivity contribution in [1.29, 1.82) is 5.26 Å². The first-order chi connectivity index (χ1) is 10.1. The molecule has 4 fully saturated rings. The number of nitrogens with one attached hydrogen (secondary N) is 1. The molecule has 0 aliphatic heterocycles. The van der Waals surface area contributed by atoms with E-state index in [4.69, 9.17) is 0 Å². The van der Waals surface area contributed by atoms with Crippen molar-refractivity contribution in [2.24, 2.45) is 17.8 Å². The second-order valence-electron chi connectivity index (χ2n) is 7.71. The maximum absolute atomic E-state index is 9.47. The van der Waals surface area contributed by atoms with Gasteiger partial charge in [-0.1, -0.05) is 0 Å². The Morgan fingerprint density at radius 1 is 1.14 bits per heavy atom. The van der Waals surface area contributed by atoms with E-state index in [1.165, 1.54) is 38.5 Å². The molecule has 1 aromatic rings. The van der Waals surface area contributed by atoms with Gasteiger partial charge in [-0.05, 0) is 76.2 Å². The molecule has 1 N–H and O–H groups in total. The zero-order valence-electron chi connectivity index (χ0n) is 12.9. The number of anilines is 1. The van der Waals surface area contributed by atoms with Crippen molar-refractivity contribution in [3.05, 3.63) is 23.0 Å². The van der Waals surface area contributed by atoms with Gasteiger partial charge in [-0.2, -0.15) is 5.26 Å². The van der Waals surface area contributed by atoms with Crippen molar-refractivity contribution in [3.63, 3.8) is 0 Å². The molecule has 0 radical (unpaired) electrons. The maximum Gasteiger partial charge on any atom is 0.103 e. The highest BCUT2D eigenvalue weighted by atomic mass is 15.0. The van der Waals surface area contributed by atoms with Gasteiger partial charge in [0.05, 0.1) is 16.9 Å². The van der Waals surface area contributed by atoms with Crippen LogP contribution >= 0.6 is 0 Å². The van der Waals surface area contributed by atoms with Crippen LogP contribution in [0.15, 0.2) is 6.07 Å². The summed E-state index contributed by atoms with van der Waals surface area (Å²) in [5, 5.41) is 13.3. The van der Waals surface area contributed by atoms with E-state index >= 15 is 0 Å². The monoisotopic (exact) mass is 281 g/mol. The van der Waals surface area contributed by atoms with Crippen molar-refractivity contribution >= 4 is 5.69 Å². The summed E-state index contributed by atoms with van der Waals surface area (Å²) in [5.74, 6) is 2.75. The van der Waals surface area contributed by atoms with Crippen LogP contribution in [0.1, 0.15) is 55.5 Å². The molecule has 5 rings (SSSR count). The summed E-state index contributed by atoms with van der Waals surface area (Å²) in [7, 11) is 0. The van der Waals surface area contributed by atoms with Crippen molar-refractivity contribution < 1.29 is 0 Å². The molecule has 0 saturated heterocycles. The van der Waals surface area contributed by atoms with E-state index < -0.39 is 0 Å². The molecule has 1 heterocycles. The lowest BCUT2D eigenvalue weighted by Gasteiger charge is -2.57. The van der Waals surface area contributed by atoms with Gasteiger partial charge in [-0.15, -0.1) is 0 Å². The minimum atomic E-state index is 0.251. The lowest BCUT2D eigenvalue weighted by molar-refractivity contribution is 0.0107. The first kappa shape index (κ1) is 13.1. The SMILES string of the molecule is Cc1cc(NC23CC4CC(CC(C4)C2)C3)c(C#N)c(C)n1. The third-order valence-electron chi connectivity index (χ3n) is 5.88. The molecule has 0 aromatic carbocycles. The number of hydrogen-bond acceptors (Lipinski definition) is 3. The van der Waals surface area contributed by atoms with Gasteiger partial charge >= 0.3 is 0 Å². The number of nitriles is 1. The lowest BCUT2D eigenvalue weighted by atomic mass is 9.53. The topological polar surface area (TPSA) is 48.7 Å². The van der Waals surface area contributed by atoms with E-state index in [-0.39, 0.29) is 5.54 Å². The van der Waals surface area contributed by atoms with E-state index in [1.807, 2.05) is 13.8 Å². The van der Waals surface area contributed by atoms with Crippen molar-refractivity contribution in [1.82, 2.24) is 4.98 Å². The zero-order chi connectivity index (χ0) is 14.6. The molecule has 0 amide bonds. The van der Waals surface area contributed by atoms with E-state index in [1.54, 1.807) is 0 Å². The van der Waals surface area contributed by atoms with E-state index in [2.05, 4.69) is 22.4 Å². The molecule has 21 heavy (non-hydrogen) atoms. The number of hydrogen-bond donors (Lipinski definition) is 1. The number of pyridine rings is 1. The number of aromatic nitrogens is 1. The van der Waals surface area contributed by atoms with Crippen molar-refractivity contribution in [3.8, 4) is 6.07 Å². The number of rotatable bonds is 2. The highest BCUT2D eigenvalue weighted by molar-refractivity contribution is 5.61. The maximum atomic E-state index is 9.47. The van der Waals surface area contributed by atoms with Gasteiger partial charge < -0.3 is 5.32 Å². The zero-order valence-corrected chi connectivity index (χ0v) is 12.9. The summed E-state index contributed by atoms with van der Waals surface area (Å²) in [4.78, 5) is 4.44. The second-order valence-corrected chi connectivity index (χ2v) is 7.71. The minimum Gasteiger partial charge on any atom is -0.378 e. The third-order valence-corrected chi connectivity index (χ3v) is 5.88. The molecule has 1 aromatic heterocycles. The standard InChI is InChI=1S/C18H23N3/c1-11-3-17(16(10-19)12(2)20-11)21-18-7-13-4-14(8-18)6-15(5-13)9-18/h3,13-15H,4-9H2,1-2H3,(H,20,21). The Hall–Kier alpha value is -1.56. The predicted octanol–water partition coefficient (Wildman–Crippen LogP) is 3.95. The molecular weight excluding hydrogens is 258 g/mol. The smallest absolute Gasteiger partial charge is 0.103 e. The predicted molar refractivity (Wildman–Crippen MR) is 83.0 cm³/mol. The van der Waals surface area contributed by atoms with E-state index in [9.17, 15) is 5.26 Å². The quantitative estimate of drug-likeness (QED) is 0.893. The first-order valence-electron chi connectivity index (χ1n) is 8.23. The van der Waals surface area contributed by atoms with Crippen LogP contribution in [0.5, 0.6) is 0 Å². The minimum absolute atomic E-state index is 0.251. The fourth-order valence-electron chi connectivity index (χ4n) is 5.62. The fraction of sp³-hybridized carbons (Fsp3) is 0.667. The van der Waals surface area contributed by atoms with Crippen LogP contribution in [0.3, 0.4) is 0 Å². The molecule has 3 nitrogen and oxygen atoms in total. The second kappa shape index (κ2) is 4.47. The van der Waals surface area contributed by atoms with Crippen LogP contribution in [0, 0.1) is 42.9 Å². The van der Waals surface area contributed by atoms with Crippen LogP contribution in [0.25, 0.3) is 0 Å². The van der Waals surface area contributed by atoms with Gasteiger partial charge in [0.25, 0.3) is 0 Å². The van der Waals surface area contributed by atoms with Gasteiger partial charge in [0.1, 0.15) is 6.07 Å². The fourth-order valence-corrected chi connectivity index (χ4v) is 5.62. The van der Waals surface area contributed by atoms with E-state index in [0.717, 1.165) is 40.4 Å². The normalized spacial score (nSPS) is 36.5. The molecule has 0 unspecified atom stereocenters. The molecule has 0 spiro atoms. The molecule has 4 saturated carbocycles. The summed E-state index contributed by atoms with van der Waals surface area (Å²) in [6, 6.07) is 4.41. The third kappa shape index (κ3) is 2.12. The van der Waals surface area contributed by atoms with Crippen LogP contribution in [-0.2, 0) is 0 Å². The Morgan fingerprint density at radius 3 is 2.24 bits per heavy atom. The Morgan fingerprint density at radius 2 is 1.71 bits per heavy atom. The molecule has 4 aliphatic rings. The van der Waals surface area contributed by atoms with Crippen LogP contribution < -0.4 is 5.32 Å². The van der Waals surface area contributed by atoms with Gasteiger partial charge in [-0.25, -0.2) is 0 Å². The Balaban J connectivity index is 1.69. The van der Waals surface area contributed by atoms with Crippen LogP contribution in [-0.4, -0.2) is 10.5 Å². The lowest BCUT2D eigenvalue weighted by Crippen LogP contribution is -2.54. The summed E-state index contributed by atoms with van der Waals surface area (Å²) < 4.78 is 0. The van der Waals surface area contributed by atoms with Gasteiger partial charge in [0.2, 0.25) is 0 Å². The first-order valence-corrected chi connectivity index (χ1v) is 8.23. The largest absolute Gasteiger partial charge is 0.378 e. The molecule has 4 aliphatic carbocycles. The molecule has 3 heteroatoms. The number of nitrogens with zero attached hydrogens (tertiary/aromatic N) is 2. The van der Waals surface area contributed by atoms with Crippen molar-refractivity contribution in [2.45, 2.75) is 57.9 Å². The Bertz CT molecular complexity index is 591. The van der Waals surface area contributed by atoms with Gasteiger partial charge in [0, 0.05) is 11.2 Å². The molecular formula is C18H23N3. The number of aryl methyl sites for hydroxylation is 2. The van der Waals surface area contributed by atoms with Gasteiger partial charge in [0.15, 0.2) is 0 Å². The van der Waals surface area contributed by atoms with Crippen LogP contribution in [0.2, 0.25) is 0 Å². The molecule has 0 atom stereocenters.